The van der Waals surface area contributed by atoms with Crippen molar-refractivity contribution in [1.29, 1.82) is 0 Å². The summed E-state index contributed by atoms with van der Waals surface area (Å²) >= 11 is 0. The molecule has 138 valence electrons. The van der Waals surface area contributed by atoms with Gasteiger partial charge in [0.15, 0.2) is 0 Å². The second-order valence-corrected chi connectivity index (χ2v) is 9.06. The zero-order valence-electron chi connectivity index (χ0n) is 15.8. The molecule has 0 radical (unpaired) electrons. The van der Waals surface area contributed by atoms with E-state index < -0.39 is 11.0 Å². The lowest BCUT2D eigenvalue weighted by Crippen LogP contribution is -2.69. The van der Waals surface area contributed by atoms with Crippen LogP contribution in [0.5, 0.6) is 0 Å². The van der Waals surface area contributed by atoms with Gasteiger partial charge in [-0.15, -0.1) is 0 Å². The maximum atomic E-state index is 12.7. The van der Waals surface area contributed by atoms with Crippen molar-refractivity contribution in [3.05, 3.63) is 23.7 Å². The fourth-order valence-electron chi connectivity index (χ4n) is 6.78. The summed E-state index contributed by atoms with van der Waals surface area (Å²) in [6.07, 6.45) is 6.90. The molecule has 2 fully saturated rings. The zero-order valence-corrected chi connectivity index (χ0v) is 15.8. The number of ether oxygens (including phenoxy) is 1. The van der Waals surface area contributed by atoms with Gasteiger partial charge in [0.25, 0.3) is 0 Å². The first-order chi connectivity index (χ1) is 11.8. The van der Waals surface area contributed by atoms with E-state index in [0.29, 0.717) is 30.6 Å². The van der Waals surface area contributed by atoms with Gasteiger partial charge >= 0.3 is 5.97 Å². The highest BCUT2D eigenvalue weighted by Crippen LogP contribution is 2.67. The summed E-state index contributed by atoms with van der Waals surface area (Å²) in [6, 6.07) is 2.11. The average molecular weight is 346 g/mol. The van der Waals surface area contributed by atoms with Crippen molar-refractivity contribution < 1.29 is 19.1 Å². The minimum atomic E-state index is -1.02. The van der Waals surface area contributed by atoms with Crippen molar-refractivity contribution >= 4 is 5.97 Å². The average Bonchev–Trinajstić information content (AvgIpc) is 3.06. The highest BCUT2D eigenvalue weighted by atomic mass is 16.5. The first kappa shape index (κ1) is 17.1. The first-order valence-electron chi connectivity index (χ1n) is 9.65. The zero-order chi connectivity index (χ0) is 18.0. The molecule has 25 heavy (non-hydrogen) atoms. The molecule has 0 spiro atoms. The molecule has 0 aliphatic heterocycles. The van der Waals surface area contributed by atoms with Crippen LogP contribution in [0.2, 0.25) is 0 Å². The molecule has 3 aliphatic rings. The number of aliphatic hydroxyl groups is 1. The second-order valence-electron chi connectivity index (χ2n) is 9.06. The Hall–Kier alpha value is -1.29. The van der Waals surface area contributed by atoms with E-state index in [1.165, 1.54) is 12.7 Å². The Morgan fingerprint density at radius 1 is 1.32 bits per heavy atom. The molecule has 4 heteroatoms. The molecule has 4 nitrogen and oxygen atoms in total. The van der Waals surface area contributed by atoms with E-state index in [1.54, 1.807) is 6.26 Å². The van der Waals surface area contributed by atoms with Gasteiger partial charge in [0.05, 0.1) is 24.4 Å². The summed E-state index contributed by atoms with van der Waals surface area (Å²) < 4.78 is 10.9. The summed E-state index contributed by atoms with van der Waals surface area (Å²) in [7, 11) is 1.44. The molecule has 0 aromatic carbocycles. The highest BCUT2D eigenvalue weighted by molar-refractivity contribution is 5.78. The van der Waals surface area contributed by atoms with Crippen LogP contribution in [0, 0.1) is 22.7 Å². The largest absolute Gasteiger partial charge is 0.469 e. The Balaban J connectivity index is 1.80. The van der Waals surface area contributed by atoms with Crippen molar-refractivity contribution in [3.63, 3.8) is 0 Å². The van der Waals surface area contributed by atoms with E-state index in [-0.39, 0.29) is 11.4 Å². The minimum absolute atomic E-state index is 0.262. The highest BCUT2D eigenvalue weighted by Gasteiger charge is 2.69. The number of esters is 1. The molecule has 0 bridgehead atoms. The molecule has 1 heterocycles. The molecule has 2 saturated carbocycles. The molecular formula is C21H30O4. The Morgan fingerprint density at radius 3 is 2.80 bits per heavy atom. The first-order valence-corrected chi connectivity index (χ1v) is 9.65. The fraction of sp³-hybridized carbons (Fsp3) is 0.762. The van der Waals surface area contributed by atoms with E-state index >= 15 is 0 Å². The van der Waals surface area contributed by atoms with Crippen LogP contribution in [0.25, 0.3) is 0 Å². The van der Waals surface area contributed by atoms with Crippen LogP contribution in [0.15, 0.2) is 16.7 Å². The summed E-state index contributed by atoms with van der Waals surface area (Å²) in [5.41, 5.74) is -0.805. The number of fused-ring (bicyclic) bond motifs is 4. The molecule has 0 amide bonds. The fourth-order valence-corrected chi connectivity index (χ4v) is 6.78. The third-order valence-corrected chi connectivity index (χ3v) is 8.36. The standard InChI is InChI=1S/C21H30O4/c1-13-14-6-10-21(23)19(2,8-5-9-20(21,3)18(22)24-4)16(14)12-17-15(13)7-11-25-17/h7,11,13-14,16,23H,5-6,8-10,12H2,1-4H3/t13-,14?,16?,19-,20-,21+/m1/s1. The number of hydrogen-bond donors (Lipinski definition) is 1. The van der Waals surface area contributed by atoms with Gasteiger partial charge in [-0.3, -0.25) is 4.79 Å². The predicted octanol–water partition coefficient (Wildman–Crippen LogP) is 4.07. The Morgan fingerprint density at radius 2 is 2.08 bits per heavy atom. The monoisotopic (exact) mass is 346 g/mol. The summed E-state index contributed by atoms with van der Waals surface area (Å²) in [6.45, 7) is 6.42. The van der Waals surface area contributed by atoms with E-state index in [0.717, 1.165) is 31.4 Å². The van der Waals surface area contributed by atoms with Crippen molar-refractivity contribution in [3.8, 4) is 0 Å². The van der Waals surface area contributed by atoms with Gasteiger partial charge in [0.2, 0.25) is 0 Å². The van der Waals surface area contributed by atoms with Crippen molar-refractivity contribution in [2.45, 2.75) is 70.8 Å². The van der Waals surface area contributed by atoms with Gasteiger partial charge < -0.3 is 14.3 Å². The molecule has 4 rings (SSSR count). The van der Waals surface area contributed by atoms with Crippen LogP contribution < -0.4 is 0 Å². The SMILES string of the molecule is COC(=O)[C@@]1(C)CCC[C@]2(C)C3Cc4occc4[C@H](C)C3CC[C@@]12O. The van der Waals surface area contributed by atoms with Crippen molar-refractivity contribution in [2.24, 2.45) is 22.7 Å². The van der Waals surface area contributed by atoms with Crippen LogP contribution in [-0.4, -0.2) is 23.8 Å². The number of rotatable bonds is 1. The van der Waals surface area contributed by atoms with E-state index in [2.05, 4.69) is 19.9 Å². The van der Waals surface area contributed by atoms with Gasteiger partial charge in [0, 0.05) is 11.8 Å². The topological polar surface area (TPSA) is 59.7 Å². The van der Waals surface area contributed by atoms with Gasteiger partial charge in [-0.2, -0.15) is 0 Å². The molecule has 6 atom stereocenters. The molecule has 1 N–H and O–H groups in total. The van der Waals surface area contributed by atoms with Gasteiger partial charge in [-0.25, -0.2) is 0 Å². The predicted molar refractivity (Wildman–Crippen MR) is 94.1 cm³/mol. The third kappa shape index (κ3) is 1.95. The quantitative estimate of drug-likeness (QED) is 0.779. The van der Waals surface area contributed by atoms with Crippen LogP contribution in [0.4, 0.5) is 0 Å². The van der Waals surface area contributed by atoms with E-state index in [9.17, 15) is 9.90 Å². The molecule has 2 unspecified atom stereocenters. The van der Waals surface area contributed by atoms with Gasteiger partial charge in [-0.05, 0) is 62.0 Å². The van der Waals surface area contributed by atoms with Crippen LogP contribution in [-0.2, 0) is 16.0 Å². The summed E-state index contributed by atoms with van der Waals surface area (Å²) in [4.78, 5) is 12.7. The van der Waals surface area contributed by atoms with Crippen LogP contribution in [0.3, 0.4) is 0 Å². The number of carbonyl (C=O) groups excluding carboxylic acids is 1. The van der Waals surface area contributed by atoms with E-state index in [4.69, 9.17) is 9.15 Å². The smallest absolute Gasteiger partial charge is 0.314 e. The Labute approximate surface area is 149 Å². The van der Waals surface area contributed by atoms with Gasteiger partial charge in [-0.1, -0.05) is 20.3 Å². The molecule has 3 aliphatic carbocycles. The Kier molecular flexibility index (Phi) is 3.67. The third-order valence-electron chi connectivity index (χ3n) is 8.36. The maximum Gasteiger partial charge on any atom is 0.314 e. The number of furan rings is 1. The number of methoxy groups -OCH3 is 1. The van der Waals surface area contributed by atoms with Crippen molar-refractivity contribution in [1.82, 2.24) is 0 Å². The van der Waals surface area contributed by atoms with Crippen LogP contribution in [0.1, 0.15) is 70.1 Å². The van der Waals surface area contributed by atoms with Gasteiger partial charge in [0.1, 0.15) is 5.76 Å². The maximum absolute atomic E-state index is 12.7. The lowest BCUT2D eigenvalue weighted by molar-refractivity contribution is -0.248. The minimum Gasteiger partial charge on any atom is -0.469 e. The molecule has 1 aromatic heterocycles. The molecular weight excluding hydrogens is 316 g/mol. The lowest BCUT2D eigenvalue weighted by Gasteiger charge is -2.65. The summed E-state index contributed by atoms with van der Waals surface area (Å²) in [5.74, 6) is 2.13. The van der Waals surface area contributed by atoms with Crippen molar-refractivity contribution in [2.75, 3.05) is 7.11 Å². The van der Waals surface area contributed by atoms with Crippen LogP contribution >= 0.6 is 0 Å². The summed E-state index contributed by atoms with van der Waals surface area (Å²) in [5, 5.41) is 12.0. The normalized spacial score (nSPS) is 45.9. The number of hydrogen-bond acceptors (Lipinski definition) is 4. The second kappa shape index (κ2) is 5.35. The lowest BCUT2D eigenvalue weighted by atomic mass is 9.41. The molecule has 1 aromatic rings. The number of carbonyl (C=O) groups is 1. The van der Waals surface area contributed by atoms with E-state index in [1.807, 2.05) is 6.92 Å². The molecule has 0 saturated heterocycles. The Bertz CT molecular complexity index is 694.